The first-order valence-electron chi connectivity index (χ1n) is 8.79. The van der Waals surface area contributed by atoms with E-state index in [4.69, 9.17) is 14.2 Å². The van der Waals surface area contributed by atoms with Crippen LogP contribution in [-0.2, 0) is 11.3 Å². The molecule has 1 heterocycles. The van der Waals surface area contributed by atoms with Crippen LogP contribution in [0.15, 0.2) is 52.9 Å². The number of hydrazone groups is 1. The van der Waals surface area contributed by atoms with Gasteiger partial charge in [0.2, 0.25) is 5.13 Å². The monoisotopic (exact) mass is 411 g/mol. The van der Waals surface area contributed by atoms with Crippen LogP contribution < -0.4 is 14.9 Å². The largest absolute Gasteiger partial charge is 0.496 e. The van der Waals surface area contributed by atoms with Gasteiger partial charge in [0.25, 0.3) is 0 Å². The number of hydrogen-bond acceptors (Lipinski definition) is 8. The van der Waals surface area contributed by atoms with Crippen LogP contribution in [0, 0.1) is 6.92 Å². The number of thiazole rings is 1. The number of aryl methyl sites for hydroxylation is 1. The van der Waals surface area contributed by atoms with Crippen molar-refractivity contribution in [3.05, 3.63) is 70.2 Å². The quantitative estimate of drug-likeness (QED) is 0.339. The molecule has 1 aromatic heterocycles. The van der Waals surface area contributed by atoms with Crippen LogP contribution in [0.4, 0.5) is 5.13 Å². The van der Waals surface area contributed by atoms with Crippen LogP contribution in [0.3, 0.4) is 0 Å². The highest BCUT2D eigenvalue weighted by Crippen LogP contribution is 2.24. The Bertz CT molecular complexity index is 1020. The minimum atomic E-state index is -0.447. The van der Waals surface area contributed by atoms with Crippen molar-refractivity contribution >= 4 is 28.7 Å². The van der Waals surface area contributed by atoms with Crippen LogP contribution in [0.25, 0.3) is 0 Å². The highest BCUT2D eigenvalue weighted by atomic mass is 32.1. The zero-order valence-electron chi connectivity index (χ0n) is 16.3. The summed E-state index contributed by atoms with van der Waals surface area (Å²) in [5, 5.41) is 6.90. The molecule has 29 heavy (non-hydrogen) atoms. The number of anilines is 1. The minimum absolute atomic E-state index is 0.220. The number of benzene rings is 2. The van der Waals surface area contributed by atoms with E-state index >= 15 is 0 Å². The van der Waals surface area contributed by atoms with Gasteiger partial charge in [-0.2, -0.15) is 5.10 Å². The van der Waals surface area contributed by atoms with E-state index in [1.165, 1.54) is 18.4 Å². The molecule has 3 rings (SSSR count). The zero-order valence-corrected chi connectivity index (χ0v) is 17.2. The molecule has 0 aliphatic heterocycles. The highest BCUT2D eigenvalue weighted by molar-refractivity contribution is 7.13. The van der Waals surface area contributed by atoms with Crippen LogP contribution in [0.2, 0.25) is 0 Å². The van der Waals surface area contributed by atoms with Gasteiger partial charge in [0.1, 0.15) is 23.7 Å². The first-order chi connectivity index (χ1) is 14.1. The Kier molecular flexibility index (Phi) is 6.80. The van der Waals surface area contributed by atoms with E-state index in [0.29, 0.717) is 17.1 Å². The number of methoxy groups -OCH3 is 2. The smallest absolute Gasteiger partial charge is 0.341 e. The van der Waals surface area contributed by atoms with Crippen LogP contribution >= 0.6 is 11.3 Å². The maximum Gasteiger partial charge on any atom is 0.341 e. The van der Waals surface area contributed by atoms with Gasteiger partial charge in [-0.05, 0) is 42.8 Å². The van der Waals surface area contributed by atoms with Crippen LogP contribution in [0.1, 0.15) is 27.2 Å². The molecular formula is C21H21N3O4S. The molecule has 0 amide bonds. The molecule has 0 radical (unpaired) electrons. The maximum atomic E-state index is 11.9. The lowest BCUT2D eigenvalue weighted by atomic mass is 10.1. The Morgan fingerprint density at radius 1 is 1.21 bits per heavy atom. The van der Waals surface area contributed by atoms with Gasteiger partial charge in [0.15, 0.2) is 0 Å². The molecule has 1 N–H and O–H groups in total. The molecule has 0 aliphatic rings. The average molecular weight is 411 g/mol. The van der Waals surface area contributed by atoms with Crippen molar-refractivity contribution < 1.29 is 19.0 Å². The van der Waals surface area contributed by atoms with Crippen molar-refractivity contribution in [2.45, 2.75) is 13.5 Å². The molecule has 0 saturated heterocycles. The van der Waals surface area contributed by atoms with E-state index < -0.39 is 5.97 Å². The molecule has 0 bridgehead atoms. The lowest BCUT2D eigenvalue weighted by molar-refractivity contribution is 0.0595. The van der Waals surface area contributed by atoms with Crippen molar-refractivity contribution in [3.8, 4) is 11.5 Å². The molecule has 0 saturated carbocycles. The van der Waals surface area contributed by atoms with E-state index in [2.05, 4.69) is 15.5 Å². The van der Waals surface area contributed by atoms with Crippen molar-refractivity contribution in [3.63, 3.8) is 0 Å². The van der Waals surface area contributed by atoms with Gasteiger partial charge in [-0.15, -0.1) is 11.3 Å². The summed E-state index contributed by atoms with van der Waals surface area (Å²) >= 11 is 1.49. The number of esters is 1. The summed E-state index contributed by atoms with van der Waals surface area (Å²) in [4.78, 5) is 16.2. The van der Waals surface area contributed by atoms with Crippen molar-refractivity contribution in [1.29, 1.82) is 0 Å². The van der Waals surface area contributed by atoms with E-state index in [9.17, 15) is 4.79 Å². The number of aromatic nitrogens is 1. The second kappa shape index (κ2) is 9.70. The van der Waals surface area contributed by atoms with Gasteiger partial charge < -0.3 is 14.2 Å². The third kappa shape index (κ3) is 5.32. The molecule has 7 nitrogen and oxygen atoms in total. The van der Waals surface area contributed by atoms with Gasteiger partial charge >= 0.3 is 5.97 Å². The third-order valence-corrected chi connectivity index (χ3v) is 4.84. The number of hydrogen-bond donors (Lipinski definition) is 1. The topological polar surface area (TPSA) is 82.0 Å². The summed E-state index contributed by atoms with van der Waals surface area (Å²) in [7, 11) is 2.94. The molecule has 0 atom stereocenters. The molecule has 150 valence electrons. The SMILES string of the molecule is COC(=O)c1ccccc1OCc1cc(C=NNc2nc(C)cs2)ccc1OC. The highest BCUT2D eigenvalue weighted by Gasteiger charge is 2.13. The third-order valence-electron chi connectivity index (χ3n) is 3.97. The Balaban J connectivity index is 1.73. The molecule has 2 aromatic carbocycles. The van der Waals surface area contributed by atoms with Gasteiger partial charge in [0, 0.05) is 10.9 Å². The van der Waals surface area contributed by atoms with Gasteiger partial charge in [-0.3, -0.25) is 5.43 Å². The zero-order chi connectivity index (χ0) is 20.6. The Labute approximate surface area is 173 Å². The molecule has 0 unspecified atom stereocenters. The molecule has 0 spiro atoms. The van der Waals surface area contributed by atoms with Crippen molar-refractivity contribution in [2.75, 3.05) is 19.6 Å². The summed E-state index contributed by atoms with van der Waals surface area (Å²) in [6.07, 6.45) is 1.70. The predicted octanol–water partition coefficient (Wildman–Crippen LogP) is 4.27. The van der Waals surface area contributed by atoms with E-state index in [1.54, 1.807) is 37.6 Å². The fourth-order valence-electron chi connectivity index (χ4n) is 2.59. The first kappa shape index (κ1) is 20.3. The van der Waals surface area contributed by atoms with Crippen molar-refractivity contribution in [2.24, 2.45) is 5.10 Å². The average Bonchev–Trinajstić information content (AvgIpc) is 3.17. The molecule has 0 aliphatic carbocycles. The van der Waals surface area contributed by atoms with Crippen molar-refractivity contribution in [1.82, 2.24) is 4.98 Å². The summed E-state index contributed by atoms with van der Waals surface area (Å²) in [6.45, 7) is 2.15. The molecule has 8 heteroatoms. The number of ether oxygens (including phenoxy) is 3. The lowest BCUT2D eigenvalue weighted by Gasteiger charge is -2.13. The number of rotatable bonds is 8. The van der Waals surface area contributed by atoms with Gasteiger partial charge in [0.05, 0.1) is 26.1 Å². The summed E-state index contributed by atoms with van der Waals surface area (Å²) in [5.74, 6) is 0.680. The van der Waals surface area contributed by atoms with Crippen LogP contribution in [0.5, 0.6) is 11.5 Å². The fraction of sp³-hybridized carbons (Fsp3) is 0.190. The summed E-state index contributed by atoms with van der Waals surface area (Å²) in [5.41, 5.74) is 5.91. The van der Waals surface area contributed by atoms with E-state index in [-0.39, 0.29) is 6.61 Å². The number of nitrogens with one attached hydrogen (secondary N) is 1. The first-order valence-corrected chi connectivity index (χ1v) is 9.67. The maximum absolute atomic E-state index is 11.9. The predicted molar refractivity (Wildman–Crippen MR) is 113 cm³/mol. The van der Waals surface area contributed by atoms with Gasteiger partial charge in [-0.1, -0.05) is 12.1 Å². The summed E-state index contributed by atoms with van der Waals surface area (Å²) in [6, 6.07) is 12.6. The van der Waals surface area contributed by atoms with Crippen LogP contribution in [-0.4, -0.2) is 31.4 Å². The number of carbonyl (C=O) groups excluding carboxylic acids is 1. The van der Waals surface area contributed by atoms with Gasteiger partial charge in [-0.25, -0.2) is 9.78 Å². The normalized spacial score (nSPS) is 10.7. The Morgan fingerprint density at radius 3 is 2.76 bits per heavy atom. The second-order valence-corrected chi connectivity index (χ2v) is 6.87. The fourth-order valence-corrected chi connectivity index (χ4v) is 3.22. The Morgan fingerprint density at radius 2 is 2.03 bits per heavy atom. The molecule has 3 aromatic rings. The minimum Gasteiger partial charge on any atom is -0.496 e. The number of carbonyl (C=O) groups is 1. The lowest BCUT2D eigenvalue weighted by Crippen LogP contribution is -2.06. The number of nitrogens with zero attached hydrogens (tertiary/aromatic N) is 2. The summed E-state index contributed by atoms with van der Waals surface area (Å²) < 4.78 is 16.1. The van der Waals surface area contributed by atoms with E-state index in [1.807, 2.05) is 30.5 Å². The molecule has 0 fully saturated rings. The Hall–Kier alpha value is -3.39. The van der Waals surface area contributed by atoms with E-state index in [0.717, 1.165) is 22.0 Å². The standard InChI is InChI=1S/C21H21N3O4S/c1-14-13-29-21(23-14)24-22-11-15-8-9-18(26-2)16(10-15)12-28-19-7-5-4-6-17(19)20(25)27-3/h4-11,13H,12H2,1-3H3,(H,23,24). The second-order valence-electron chi connectivity index (χ2n) is 6.01. The molecular weight excluding hydrogens is 390 g/mol. The number of para-hydroxylation sites is 1.